The van der Waals surface area contributed by atoms with Crippen molar-refractivity contribution in [2.75, 3.05) is 50.7 Å². The van der Waals surface area contributed by atoms with Gasteiger partial charge in [-0.2, -0.15) is 0 Å². The number of nitrogens with zero attached hydrogens (tertiary/aromatic N) is 4. The van der Waals surface area contributed by atoms with Crippen molar-refractivity contribution in [3.8, 4) is 0 Å². The Labute approximate surface area is 254 Å². The van der Waals surface area contributed by atoms with E-state index in [1.54, 1.807) is 17.0 Å². The number of halogens is 1. The third kappa shape index (κ3) is 4.50. The summed E-state index contributed by atoms with van der Waals surface area (Å²) in [5.41, 5.74) is 2.36. The summed E-state index contributed by atoms with van der Waals surface area (Å²) in [6, 6.07) is 5.77. The molecule has 3 aliphatic carbocycles. The third-order valence-corrected chi connectivity index (χ3v) is 12.8. The molecule has 43 heavy (non-hydrogen) atoms. The predicted molar refractivity (Wildman–Crippen MR) is 161 cm³/mol. The molecule has 0 radical (unpaired) electrons. The molecule has 6 unspecified atom stereocenters. The van der Waals surface area contributed by atoms with E-state index in [0.717, 1.165) is 64.0 Å². The van der Waals surface area contributed by atoms with Gasteiger partial charge in [0.05, 0.1) is 11.8 Å². The van der Waals surface area contributed by atoms with Crippen molar-refractivity contribution in [3.63, 3.8) is 0 Å². The smallest absolute Gasteiger partial charge is 0.317 e. The molecule has 3 saturated heterocycles. The van der Waals surface area contributed by atoms with Crippen LogP contribution in [0.25, 0.3) is 0 Å². The van der Waals surface area contributed by atoms with Gasteiger partial charge >= 0.3 is 6.03 Å². The molecule has 2 bridgehead atoms. The summed E-state index contributed by atoms with van der Waals surface area (Å²) in [6.45, 7) is 8.26. The summed E-state index contributed by atoms with van der Waals surface area (Å²) in [5, 5.41) is 2.93. The SMILES string of the molecule is CC1C2CC(C3C(=O)N(C[C@@H]4CCCC[C@H]4CN4CCC(N5CCc6ccc(F)cc65)CC4)C(=O)C23)C1N1CCNC1=O. The van der Waals surface area contributed by atoms with Crippen LogP contribution in [0.1, 0.15) is 57.4 Å². The molecule has 4 aliphatic heterocycles. The van der Waals surface area contributed by atoms with E-state index in [1.165, 1.54) is 24.8 Å². The Morgan fingerprint density at radius 2 is 1.58 bits per heavy atom. The molecule has 0 spiro atoms. The number of piperidine rings is 1. The first-order valence-corrected chi connectivity index (χ1v) is 17.1. The van der Waals surface area contributed by atoms with Crippen LogP contribution in [0.15, 0.2) is 18.2 Å². The van der Waals surface area contributed by atoms with Crippen molar-refractivity contribution >= 4 is 23.5 Å². The van der Waals surface area contributed by atoms with Gasteiger partial charge in [0.25, 0.3) is 0 Å². The highest BCUT2D eigenvalue weighted by Gasteiger charge is 2.67. The maximum Gasteiger partial charge on any atom is 0.317 e. The summed E-state index contributed by atoms with van der Waals surface area (Å²) in [7, 11) is 0. The lowest BCUT2D eigenvalue weighted by Crippen LogP contribution is -2.50. The van der Waals surface area contributed by atoms with Crippen molar-refractivity contribution < 1.29 is 18.8 Å². The van der Waals surface area contributed by atoms with Crippen molar-refractivity contribution in [2.45, 2.75) is 70.4 Å². The van der Waals surface area contributed by atoms with E-state index in [4.69, 9.17) is 0 Å². The van der Waals surface area contributed by atoms with Gasteiger partial charge in [-0.05, 0) is 85.8 Å². The normalized spacial score (nSPS) is 37.9. The van der Waals surface area contributed by atoms with E-state index in [9.17, 15) is 18.8 Å². The number of fused-ring (bicyclic) bond motifs is 6. The Morgan fingerprint density at radius 3 is 2.30 bits per heavy atom. The average molecular weight is 592 g/mol. The Bertz CT molecular complexity index is 1300. The van der Waals surface area contributed by atoms with Crippen LogP contribution < -0.4 is 10.2 Å². The molecule has 8 rings (SSSR count). The molecular weight excluding hydrogens is 545 g/mol. The molecule has 3 saturated carbocycles. The number of imide groups is 1. The standard InChI is InChI=1S/C34H46FN5O3/c1-20-26-17-27(31(20)39-15-11-36-34(39)43)30-29(26)32(41)40(33(30)42)19-23-5-3-2-4-22(23)18-37-12-9-25(10-13-37)38-14-8-21-6-7-24(35)16-28(21)38/h6-7,16,20,22-23,25-27,29-31H,2-5,8-15,17-19H2,1H3,(H,36,43)/t20?,22-,23-,26?,27?,29?,30?,31?/m0/s1. The van der Waals surface area contributed by atoms with Gasteiger partial charge in [0, 0.05) is 63.6 Å². The van der Waals surface area contributed by atoms with E-state index in [0.29, 0.717) is 37.5 Å². The van der Waals surface area contributed by atoms with Crippen LogP contribution in [0, 0.1) is 47.2 Å². The summed E-state index contributed by atoms with van der Waals surface area (Å²) in [4.78, 5) is 49.0. The third-order valence-electron chi connectivity index (χ3n) is 12.8. The number of rotatable bonds is 6. The first kappa shape index (κ1) is 27.8. The Kier molecular flexibility index (Phi) is 6.95. The number of likely N-dealkylation sites (tertiary alicyclic amines) is 2. The second kappa shape index (κ2) is 10.7. The zero-order valence-corrected chi connectivity index (χ0v) is 25.4. The van der Waals surface area contributed by atoms with E-state index in [1.807, 2.05) is 11.0 Å². The van der Waals surface area contributed by atoms with Gasteiger partial charge < -0.3 is 20.0 Å². The molecule has 1 N–H and O–H groups in total. The van der Waals surface area contributed by atoms with Crippen LogP contribution in [0.3, 0.4) is 0 Å². The summed E-state index contributed by atoms with van der Waals surface area (Å²) in [6.07, 6.45) is 8.74. The Balaban J connectivity index is 0.904. The fourth-order valence-electron chi connectivity index (χ4n) is 10.8. The van der Waals surface area contributed by atoms with Crippen molar-refractivity contribution in [1.29, 1.82) is 0 Å². The van der Waals surface area contributed by atoms with Crippen LogP contribution in [-0.2, 0) is 16.0 Å². The van der Waals surface area contributed by atoms with Crippen LogP contribution in [0.2, 0.25) is 0 Å². The maximum absolute atomic E-state index is 14.0. The second-order valence-corrected chi connectivity index (χ2v) is 14.7. The largest absolute Gasteiger partial charge is 0.368 e. The molecule has 6 fully saturated rings. The number of hydrogen-bond donors (Lipinski definition) is 1. The minimum absolute atomic E-state index is 0.0113. The summed E-state index contributed by atoms with van der Waals surface area (Å²) < 4.78 is 14.0. The van der Waals surface area contributed by atoms with Crippen molar-refractivity contribution in [2.24, 2.45) is 41.4 Å². The zero-order chi connectivity index (χ0) is 29.4. The average Bonchev–Trinajstić information content (AvgIpc) is 3.81. The first-order valence-electron chi connectivity index (χ1n) is 17.1. The molecule has 1 aromatic carbocycles. The first-order chi connectivity index (χ1) is 20.9. The molecule has 4 heterocycles. The molecular formula is C34H46FN5O3. The van der Waals surface area contributed by atoms with Crippen molar-refractivity contribution in [1.82, 2.24) is 20.0 Å². The lowest BCUT2D eigenvalue weighted by Gasteiger charge is -2.41. The van der Waals surface area contributed by atoms with Gasteiger partial charge in [-0.3, -0.25) is 14.5 Å². The van der Waals surface area contributed by atoms with Gasteiger partial charge in [-0.1, -0.05) is 25.8 Å². The molecule has 4 amide bonds. The highest BCUT2D eigenvalue weighted by Crippen LogP contribution is 2.60. The van der Waals surface area contributed by atoms with Crippen LogP contribution in [0.5, 0.6) is 0 Å². The van der Waals surface area contributed by atoms with Gasteiger partial charge in [-0.25, -0.2) is 9.18 Å². The minimum Gasteiger partial charge on any atom is -0.368 e. The molecule has 9 heteroatoms. The second-order valence-electron chi connectivity index (χ2n) is 14.7. The van der Waals surface area contributed by atoms with Gasteiger partial charge in [-0.15, -0.1) is 0 Å². The summed E-state index contributed by atoms with van der Waals surface area (Å²) >= 11 is 0. The fraction of sp³-hybridized carbons (Fsp3) is 0.735. The molecule has 8 atom stereocenters. The molecule has 1 aromatic rings. The Hall–Kier alpha value is -2.68. The molecule has 8 nitrogen and oxygen atoms in total. The van der Waals surface area contributed by atoms with Gasteiger partial charge in [0.2, 0.25) is 11.8 Å². The molecule has 7 aliphatic rings. The maximum atomic E-state index is 14.0. The van der Waals surface area contributed by atoms with E-state index in [2.05, 4.69) is 22.0 Å². The fourth-order valence-corrected chi connectivity index (χ4v) is 10.8. The number of urea groups is 1. The predicted octanol–water partition coefficient (Wildman–Crippen LogP) is 3.74. The lowest BCUT2D eigenvalue weighted by atomic mass is 9.72. The molecule has 232 valence electrons. The number of benzene rings is 1. The molecule has 0 aromatic heterocycles. The number of nitrogens with one attached hydrogen (secondary N) is 1. The van der Waals surface area contributed by atoms with Crippen LogP contribution >= 0.6 is 0 Å². The summed E-state index contributed by atoms with van der Waals surface area (Å²) in [5.74, 6) is 0.993. The quantitative estimate of drug-likeness (QED) is 0.511. The number of anilines is 1. The number of hydrogen-bond acceptors (Lipinski definition) is 5. The van der Waals surface area contributed by atoms with E-state index in [-0.39, 0.29) is 59.3 Å². The highest BCUT2D eigenvalue weighted by atomic mass is 19.1. The number of amides is 4. The monoisotopic (exact) mass is 591 g/mol. The zero-order valence-electron chi connectivity index (χ0n) is 25.4. The van der Waals surface area contributed by atoms with E-state index < -0.39 is 0 Å². The highest BCUT2D eigenvalue weighted by molar-refractivity contribution is 6.06. The Morgan fingerprint density at radius 1 is 0.860 bits per heavy atom. The van der Waals surface area contributed by atoms with Gasteiger partial charge in [0.15, 0.2) is 0 Å². The van der Waals surface area contributed by atoms with Crippen molar-refractivity contribution in [3.05, 3.63) is 29.6 Å². The van der Waals surface area contributed by atoms with Crippen LogP contribution in [-0.4, -0.2) is 90.4 Å². The van der Waals surface area contributed by atoms with Gasteiger partial charge in [0.1, 0.15) is 5.82 Å². The number of carbonyl (C=O) groups is 3. The number of carbonyl (C=O) groups excluding carboxylic acids is 3. The minimum atomic E-state index is -0.239. The van der Waals surface area contributed by atoms with Crippen LogP contribution in [0.4, 0.5) is 14.9 Å². The van der Waals surface area contributed by atoms with E-state index >= 15 is 0 Å². The lowest BCUT2D eigenvalue weighted by molar-refractivity contribution is -0.142. The topological polar surface area (TPSA) is 76.2 Å².